The summed E-state index contributed by atoms with van der Waals surface area (Å²) in [5, 5.41) is 2.71. The van der Waals surface area contributed by atoms with Gasteiger partial charge in [0.05, 0.1) is 6.42 Å². The number of nitrogens with zero attached hydrogens (tertiary/aromatic N) is 3. The number of halogens is 3. The van der Waals surface area contributed by atoms with Gasteiger partial charge >= 0.3 is 11.6 Å². The molecule has 0 aromatic carbocycles. The van der Waals surface area contributed by atoms with Crippen LogP contribution in [0.25, 0.3) is 0 Å². The number of pyridine rings is 2. The summed E-state index contributed by atoms with van der Waals surface area (Å²) in [6, 6.07) is 5.72. The summed E-state index contributed by atoms with van der Waals surface area (Å²) in [5.41, 5.74) is 7.97. The number of carbonyl (C=O) groups is 1. The number of amides is 1. The first kappa shape index (κ1) is 27.4. The molecule has 0 unspecified atom stereocenters. The Labute approximate surface area is 205 Å². The van der Waals surface area contributed by atoms with E-state index in [0.29, 0.717) is 16.2 Å². The molecule has 0 fully saturated rings. The molecular formula is C22H26ClF2N7O3. The molecule has 0 saturated carbocycles. The molecule has 0 aliphatic heterocycles. The van der Waals surface area contributed by atoms with Crippen LogP contribution in [0, 0.1) is 20.8 Å². The highest BCUT2D eigenvalue weighted by molar-refractivity contribution is 5.85. The van der Waals surface area contributed by atoms with Gasteiger partial charge in [0.2, 0.25) is 5.91 Å². The second kappa shape index (κ2) is 11.1. The summed E-state index contributed by atoms with van der Waals surface area (Å²) in [6.07, 6.45) is 0.856. The third-order valence-electron chi connectivity index (χ3n) is 5.28. The first-order chi connectivity index (χ1) is 16.0. The van der Waals surface area contributed by atoms with Crippen LogP contribution < -0.4 is 27.7 Å². The van der Waals surface area contributed by atoms with Gasteiger partial charge in [-0.05, 0) is 50.1 Å². The Morgan fingerprint density at radius 3 is 2.54 bits per heavy atom. The fraction of sp³-hybridized carbons (Fsp3) is 0.318. The van der Waals surface area contributed by atoms with Gasteiger partial charge in [-0.3, -0.25) is 14.6 Å². The molecule has 0 atom stereocenters. The van der Waals surface area contributed by atoms with Crippen LogP contribution in [-0.2, 0) is 23.7 Å². The minimum atomic E-state index is -3.45. The summed E-state index contributed by atoms with van der Waals surface area (Å²) >= 11 is 0. The fourth-order valence-corrected chi connectivity index (χ4v) is 3.44. The van der Waals surface area contributed by atoms with Crippen LogP contribution in [0.1, 0.15) is 33.8 Å². The topological polar surface area (TPSA) is 148 Å². The van der Waals surface area contributed by atoms with Gasteiger partial charge in [-0.2, -0.15) is 13.5 Å². The number of aromatic nitrogens is 4. The molecular weight excluding hydrogens is 484 g/mol. The molecule has 0 aliphatic carbocycles. The number of hydrogen-bond donors (Lipinski definition) is 4. The molecule has 3 aromatic rings. The number of rotatable bonds is 8. The highest BCUT2D eigenvalue weighted by Gasteiger charge is 2.33. The zero-order chi connectivity index (χ0) is 25.0. The molecule has 10 nitrogen and oxygen atoms in total. The molecule has 35 heavy (non-hydrogen) atoms. The van der Waals surface area contributed by atoms with E-state index in [-0.39, 0.29) is 36.6 Å². The fourth-order valence-electron chi connectivity index (χ4n) is 3.44. The zero-order valence-corrected chi connectivity index (χ0v) is 20.1. The molecule has 3 heterocycles. The maximum absolute atomic E-state index is 14.4. The minimum absolute atomic E-state index is 0. The van der Waals surface area contributed by atoms with E-state index in [0.717, 1.165) is 17.2 Å². The molecule has 0 bridgehead atoms. The van der Waals surface area contributed by atoms with Crippen molar-refractivity contribution in [2.75, 3.05) is 17.7 Å². The van der Waals surface area contributed by atoms with Gasteiger partial charge in [-0.15, -0.1) is 12.4 Å². The van der Waals surface area contributed by atoms with Gasteiger partial charge in [0.15, 0.2) is 0 Å². The Morgan fingerprint density at radius 1 is 1.20 bits per heavy atom. The Morgan fingerprint density at radius 2 is 1.91 bits per heavy atom. The Bertz CT molecular complexity index is 1300. The number of aryl methyl sites for hydroxylation is 3. The lowest BCUT2D eigenvalue weighted by molar-refractivity contribution is -0.120. The van der Waals surface area contributed by atoms with Crippen molar-refractivity contribution in [1.29, 1.82) is 0 Å². The summed E-state index contributed by atoms with van der Waals surface area (Å²) in [7, 11) is 0. The quantitative estimate of drug-likeness (QED) is 0.359. The molecule has 0 saturated heterocycles. The summed E-state index contributed by atoms with van der Waals surface area (Å²) in [4.78, 5) is 47.8. The van der Waals surface area contributed by atoms with E-state index in [1.807, 2.05) is 6.92 Å². The second-order valence-electron chi connectivity index (χ2n) is 7.81. The first-order valence-corrected chi connectivity index (χ1v) is 10.4. The number of hydrogen-bond acceptors (Lipinski definition) is 7. The van der Waals surface area contributed by atoms with E-state index < -0.39 is 35.3 Å². The van der Waals surface area contributed by atoms with Crippen molar-refractivity contribution in [3.63, 3.8) is 0 Å². The third kappa shape index (κ3) is 6.41. The number of aromatic amines is 1. The van der Waals surface area contributed by atoms with Crippen molar-refractivity contribution >= 4 is 24.1 Å². The maximum Gasteiger partial charge on any atom is 0.347 e. The SMILES string of the molecule is Cc1cc(N)nc(C)c1CNC(=O)Cc1c(C)[nH]c(=O)n(NCC(F)(F)c2ccccn2)c1=O.Cl. The number of nitrogens with one attached hydrogen (secondary N) is 3. The predicted molar refractivity (Wildman–Crippen MR) is 129 cm³/mol. The van der Waals surface area contributed by atoms with Crippen molar-refractivity contribution in [1.82, 2.24) is 24.9 Å². The lowest BCUT2D eigenvalue weighted by Gasteiger charge is -2.18. The van der Waals surface area contributed by atoms with Gasteiger partial charge < -0.3 is 21.5 Å². The molecule has 5 N–H and O–H groups in total. The average Bonchev–Trinajstić information content (AvgIpc) is 2.76. The first-order valence-electron chi connectivity index (χ1n) is 10.4. The highest BCUT2D eigenvalue weighted by Crippen LogP contribution is 2.24. The molecule has 3 aromatic heterocycles. The van der Waals surface area contributed by atoms with Crippen LogP contribution in [0.2, 0.25) is 0 Å². The molecule has 13 heteroatoms. The van der Waals surface area contributed by atoms with Crippen molar-refractivity contribution < 1.29 is 13.6 Å². The summed E-state index contributed by atoms with van der Waals surface area (Å²) in [5.74, 6) is -3.57. The molecule has 0 radical (unpaired) electrons. The van der Waals surface area contributed by atoms with Crippen molar-refractivity contribution in [2.45, 2.75) is 39.7 Å². The predicted octanol–water partition coefficient (Wildman–Crippen LogP) is 1.45. The number of nitrogens with two attached hydrogens (primary N) is 1. The second-order valence-corrected chi connectivity index (χ2v) is 7.81. The van der Waals surface area contributed by atoms with Crippen LogP contribution in [-0.4, -0.2) is 32.1 Å². The number of anilines is 1. The summed E-state index contributed by atoms with van der Waals surface area (Å²) in [6.45, 7) is 4.17. The van der Waals surface area contributed by atoms with Crippen LogP contribution in [0.3, 0.4) is 0 Å². The summed E-state index contributed by atoms with van der Waals surface area (Å²) < 4.78 is 29.3. The van der Waals surface area contributed by atoms with E-state index in [9.17, 15) is 23.2 Å². The van der Waals surface area contributed by atoms with Gasteiger partial charge in [0.1, 0.15) is 18.1 Å². The minimum Gasteiger partial charge on any atom is -0.384 e. The van der Waals surface area contributed by atoms with Crippen LogP contribution >= 0.6 is 12.4 Å². The van der Waals surface area contributed by atoms with Crippen molar-refractivity contribution in [3.8, 4) is 0 Å². The lowest BCUT2D eigenvalue weighted by atomic mass is 10.1. The number of carbonyl (C=O) groups excluding carboxylic acids is 1. The van der Waals surface area contributed by atoms with Crippen LogP contribution in [0.4, 0.5) is 14.6 Å². The Kier molecular flexibility index (Phi) is 8.69. The number of nitrogen functional groups attached to an aromatic ring is 1. The average molecular weight is 510 g/mol. The standard InChI is InChI=1S/C22H25F2N7O3.ClH/c1-12-8-18(25)29-14(3)16(12)10-27-19(32)9-15-13(2)30-21(34)31(20(15)33)28-11-22(23,24)17-6-4-5-7-26-17;/h4-8,28H,9-11H2,1-3H3,(H2,25,29)(H,27,32)(H,30,34);1H. The van der Waals surface area contributed by atoms with Crippen molar-refractivity contribution in [2.24, 2.45) is 0 Å². The highest BCUT2D eigenvalue weighted by atomic mass is 35.5. The Balaban J connectivity index is 0.00000432. The molecule has 3 rings (SSSR count). The van der Waals surface area contributed by atoms with Gasteiger partial charge in [0, 0.05) is 29.7 Å². The van der Waals surface area contributed by atoms with E-state index in [1.165, 1.54) is 25.3 Å². The van der Waals surface area contributed by atoms with E-state index >= 15 is 0 Å². The van der Waals surface area contributed by atoms with E-state index in [2.05, 4.69) is 25.7 Å². The van der Waals surface area contributed by atoms with E-state index in [1.54, 1.807) is 13.0 Å². The molecule has 0 aliphatic rings. The van der Waals surface area contributed by atoms with Crippen molar-refractivity contribution in [3.05, 3.63) is 85.1 Å². The van der Waals surface area contributed by atoms with E-state index in [4.69, 9.17) is 5.73 Å². The third-order valence-corrected chi connectivity index (χ3v) is 5.28. The smallest absolute Gasteiger partial charge is 0.347 e. The Hall–Kier alpha value is -3.80. The van der Waals surface area contributed by atoms with Gasteiger partial charge in [-0.25, -0.2) is 9.78 Å². The van der Waals surface area contributed by atoms with Gasteiger partial charge in [0.25, 0.3) is 5.56 Å². The monoisotopic (exact) mass is 509 g/mol. The number of H-pyrrole nitrogens is 1. The largest absolute Gasteiger partial charge is 0.384 e. The molecule has 188 valence electrons. The van der Waals surface area contributed by atoms with Gasteiger partial charge in [-0.1, -0.05) is 6.07 Å². The van der Waals surface area contributed by atoms with Crippen LogP contribution in [0.15, 0.2) is 40.1 Å². The normalized spacial score (nSPS) is 11.0. The molecule has 0 spiro atoms. The molecule has 1 amide bonds. The van der Waals surface area contributed by atoms with Crippen LogP contribution in [0.5, 0.6) is 0 Å². The maximum atomic E-state index is 14.4. The zero-order valence-electron chi connectivity index (χ0n) is 19.3. The lowest BCUT2D eigenvalue weighted by Crippen LogP contribution is -2.47. The number of alkyl halides is 2.